The lowest BCUT2D eigenvalue weighted by Gasteiger charge is -2.10. The standard InChI is InChI=1S/C19H18N4OS2/c1-10-7-12(8-15-17(24)22-19(25)21-15)11(2)23(10)18-14(9-20)13-5-3-4-6-16(13)26-18/h7-8H,3-6H2,1-2H3,(H2,21,22,24,25)/b15-8+. The number of rotatable bonds is 2. The smallest absolute Gasteiger partial charge is 0.273 e. The third-order valence-corrected chi connectivity index (χ3v) is 6.44. The second kappa shape index (κ2) is 6.38. The first-order valence-corrected chi connectivity index (χ1v) is 9.80. The molecule has 26 heavy (non-hydrogen) atoms. The van der Waals surface area contributed by atoms with Gasteiger partial charge in [-0.3, -0.25) is 10.1 Å². The fourth-order valence-corrected chi connectivity index (χ4v) is 5.36. The van der Waals surface area contributed by atoms with E-state index in [9.17, 15) is 10.1 Å². The molecule has 1 saturated heterocycles. The fourth-order valence-electron chi connectivity index (χ4n) is 3.71. The van der Waals surface area contributed by atoms with Crippen LogP contribution in [0.25, 0.3) is 11.1 Å². The zero-order chi connectivity index (χ0) is 18.4. The van der Waals surface area contributed by atoms with Crippen LogP contribution in [0.4, 0.5) is 0 Å². The van der Waals surface area contributed by atoms with Gasteiger partial charge in [-0.05, 0) is 75.0 Å². The van der Waals surface area contributed by atoms with Gasteiger partial charge in [0.2, 0.25) is 0 Å². The summed E-state index contributed by atoms with van der Waals surface area (Å²) in [5.74, 6) is -0.218. The van der Waals surface area contributed by atoms with Crippen LogP contribution in [0, 0.1) is 25.2 Å². The molecular weight excluding hydrogens is 364 g/mol. The van der Waals surface area contributed by atoms with Crippen molar-refractivity contribution in [2.24, 2.45) is 0 Å². The highest BCUT2D eigenvalue weighted by Crippen LogP contribution is 2.38. The van der Waals surface area contributed by atoms with Gasteiger partial charge in [-0.1, -0.05) is 0 Å². The van der Waals surface area contributed by atoms with E-state index >= 15 is 0 Å². The number of aromatic nitrogens is 1. The number of hydrogen-bond acceptors (Lipinski definition) is 4. The largest absolute Gasteiger partial charge is 0.328 e. The summed E-state index contributed by atoms with van der Waals surface area (Å²) in [4.78, 5) is 13.3. The van der Waals surface area contributed by atoms with Crippen LogP contribution >= 0.6 is 23.6 Å². The highest BCUT2D eigenvalue weighted by Gasteiger charge is 2.25. The van der Waals surface area contributed by atoms with Crippen LogP contribution in [-0.4, -0.2) is 15.6 Å². The molecule has 1 aliphatic carbocycles. The van der Waals surface area contributed by atoms with Crippen LogP contribution in [-0.2, 0) is 17.6 Å². The highest BCUT2D eigenvalue weighted by atomic mass is 32.1. The Balaban J connectivity index is 1.83. The zero-order valence-corrected chi connectivity index (χ0v) is 16.2. The Kier molecular flexibility index (Phi) is 4.17. The average molecular weight is 383 g/mol. The third kappa shape index (κ3) is 2.66. The van der Waals surface area contributed by atoms with E-state index in [2.05, 4.69) is 21.3 Å². The quantitative estimate of drug-likeness (QED) is 0.618. The van der Waals surface area contributed by atoms with Crippen molar-refractivity contribution >= 4 is 40.7 Å². The molecule has 0 atom stereocenters. The number of aryl methyl sites for hydroxylation is 2. The average Bonchev–Trinajstić information content (AvgIpc) is 3.21. The normalized spacial score (nSPS) is 17.8. The van der Waals surface area contributed by atoms with E-state index in [4.69, 9.17) is 12.2 Å². The van der Waals surface area contributed by atoms with Gasteiger partial charge in [-0.15, -0.1) is 11.3 Å². The van der Waals surface area contributed by atoms with E-state index in [-0.39, 0.29) is 5.91 Å². The lowest BCUT2D eigenvalue weighted by Crippen LogP contribution is -2.21. The van der Waals surface area contributed by atoms with Crippen molar-refractivity contribution in [3.05, 3.63) is 44.7 Å². The minimum absolute atomic E-state index is 0.218. The summed E-state index contributed by atoms with van der Waals surface area (Å²) in [5, 5.41) is 16.5. The maximum absolute atomic E-state index is 11.9. The third-order valence-electron chi connectivity index (χ3n) is 4.96. The SMILES string of the molecule is Cc1cc(/C=C2/NC(=S)NC2=O)c(C)n1-c1sc2c(c1C#N)CCCC2. The summed E-state index contributed by atoms with van der Waals surface area (Å²) in [6.45, 7) is 4.05. The van der Waals surface area contributed by atoms with Gasteiger partial charge in [0.25, 0.3) is 5.91 Å². The van der Waals surface area contributed by atoms with E-state index in [0.29, 0.717) is 10.8 Å². The van der Waals surface area contributed by atoms with E-state index < -0.39 is 0 Å². The highest BCUT2D eigenvalue weighted by molar-refractivity contribution is 7.80. The number of nitriles is 1. The van der Waals surface area contributed by atoms with Crippen LogP contribution in [0.5, 0.6) is 0 Å². The Bertz CT molecular complexity index is 1020. The molecular formula is C19H18N4OS2. The molecule has 3 heterocycles. The first-order chi connectivity index (χ1) is 12.5. The van der Waals surface area contributed by atoms with Gasteiger partial charge in [-0.2, -0.15) is 5.26 Å². The van der Waals surface area contributed by atoms with Crippen molar-refractivity contribution in [2.75, 3.05) is 0 Å². The number of carbonyl (C=O) groups is 1. The molecule has 0 unspecified atom stereocenters. The van der Waals surface area contributed by atoms with Crippen LogP contribution in [0.15, 0.2) is 11.8 Å². The Morgan fingerprint density at radius 1 is 1.31 bits per heavy atom. The summed E-state index contributed by atoms with van der Waals surface area (Å²) in [6.07, 6.45) is 6.21. The zero-order valence-electron chi connectivity index (χ0n) is 14.6. The molecule has 2 aliphatic rings. The molecule has 132 valence electrons. The predicted molar refractivity (Wildman–Crippen MR) is 106 cm³/mol. The van der Waals surface area contributed by atoms with Gasteiger partial charge in [-0.25, -0.2) is 0 Å². The maximum atomic E-state index is 11.9. The first-order valence-electron chi connectivity index (χ1n) is 8.57. The maximum Gasteiger partial charge on any atom is 0.273 e. The summed E-state index contributed by atoms with van der Waals surface area (Å²) in [7, 11) is 0. The van der Waals surface area contributed by atoms with Gasteiger partial charge in [0.1, 0.15) is 16.8 Å². The Morgan fingerprint density at radius 2 is 2.08 bits per heavy atom. The number of amides is 1. The van der Waals surface area contributed by atoms with Gasteiger partial charge in [0.15, 0.2) is 5.11 Å². The van der Waals surface area contributed by atoms with Crippen LogP contribution in [0.2, 0.25) is 0 Å². The van der Waals surface area contributed by atoms with E-state index in [0.717, 1.165) is 46.8 Å². The Morgan fingerprint density at radius 3 is 2.77 bits per heavy atom. The van der Waals surface area contributed by atoms with E-state index in [1.165, 1.54) is 16.9 Å². The summed E-state index contributed by atoms with van der Waals surface area (Å²) in [6, 6.07) is 4.47. The molecule has 0 radical (unpaired) electrons. The molecule has 0 aromatic carbocycles. The van der Waals surface area contributed by atoms with Gasteiger partial charge in [0.05, 0.1) is 5.56 Å². The molecule has 5 nitrogen and oxygen atoms in total. The number of nitrogens with one attached hydrogen (secondary N) is 2. The lowest BCUT2D eigenvalue weighted by atomic mass is 9.96. The fraction of sp³-hybridized carbons (Fsp3) is 0.316. The molecule has 0 saturated carbocycles. The number of hydrogen-bond donors (Lipinski definition) is 2. The van der Waals surface area contributed by atoms with E-state index in [1.807, 2.05) is 26.0 Å². The molecule has 2 aromatic rings. The number of thiocarbonyl (C=S) groups is 1. The molecule has 1 aliphatic heterocycles. The molecule has 4 rings (SSSR count). The molecule has 2 N–H and O–H groups in total. The summed E-state index contributed by atoms with van der Waals surface area (Å²) < 4.78 is 2.14. The summed E-state index contributed by atoms with van der Waals surface area (Å²) in [5.41, 5.74) is 5.49. The monoisotopic (exact) mass is 382 g/mol. The van der Waals surface area contributed by atoms with Crippen molar-refractivity contribution in [1.82, 2.24) is 15.2 Å². The van der Waals surface area contributed by atoms with Crippen molar-refractivity contribution in [3.63, 3.8) is 0 Å². The molecule has 2 aromatic heterocycles. The molecule has 7 heteroatoms. The number of thiophene rings is 1. The van der Waals surface area contributed by atoms with Crippen molar-refractivity contribution in [3.8, 4) is 11.1 Å². The summed E-state index contributed by atoms with van der Waals surface area (Å²) >= 11 is 6.72. The Labute approximate surface area is 161 Å². The van der Waals surface area contributed by atoms with Crippen LogP contribution < -0.4 is 10.6 Å². The van der Waals surface area contributed by atoms with Gasteiger partial charge < -0.3 is 9.88 Å². The second-order valence-electron chi connectivity index (χ2n) is 6.63. The molecule has 0 spiro atoms. The number of fused-ring (bicyclic) bond motifs is 1. The molecule has 1 fully saturated rings. The molecule has 0 bridgehead atoms. The van der Waals surface area contributed by atoms with Crippen molar-refractivity contribution in [1.29, 1.82) is 5.26 Å². The van der Waals surface area contributed by atoms with Crippen molar-refractivity contribution in [2.45, 2.75) is 39.5 Å². The van der Waals surface area contributed by atoms with Crippen LogP contribution in [0.1, 0.15) is 45.8 Å². The van der Waals surface area contributed by atoms with Crippen molar-refractivity contribution < 1.29 is 4.79 Å². The Hall–Kier alpha value is -2.43. The van der Waals surface area contributed by atoms with E-state index in [1.54, 1.807) is 11.3 Å². The second-order valence-corrected chi connectivity index (χ2v) is 8.12. The van der Waals surface area contributed by atoms with Gasteiger partial charge >= 0.3 is 0 Å². The molecule has 1 amide bonds. The number of nitrogens with zero attached hydrogens (tertiary/aromatic N) is 2. The minimum Gasteiger partial charge on any atom is -0.328 e. The predicted octanol–water partition coefficient (Wildman–Crippen LogP) is 3.25. The lowest BCUT2D eigenvalue weighted by molar-refractivity contribution is -0.115. The topological polar surface area (TPSA) is 69.8 Å². The number of carbonyl (C=O) groups excluding carboxylic acids is 1. The first kappa shape index (κ1) is 17.0. The van der Waals surface area contributed by atoms with Crippen LogP contribution in [0.3, 0.4) is 0 Å². The van der Waals surface area contributed by atoms with Gasteiger partial charge in [0, 0.05) is 16.3 Å². The minimum atomic E-state index is -0.218.